The van der Waals surface area contributed by atoms with E-state index in [0.29, 0.717) is 12.5 Å². The van der Waals surface area contributed by atoms with Crippen LogP contribution in [-0.2, 0) is 11.3 Å². The molecule has 1 amide bonds. The molecule has 25 heavy (non-hydrogen) atoms. The first-order valence-electron chi connectivity index (χ1n) is 8.55. The van der Waals surface area contributed by atoms with Crippen LogP contribution < -0.4 is 15.4 Å². The molecule has 0 saturated heterocycles. The zero-order valence-corrected chi connectivity index (χ0v) is 15.4. The summed E-state index contributed by atoms with van der Waals surface area (Å²) >= 11 is 0. The van der Waals surface area contributed by atoms with Crippen molar-refractivity contribution in [1.29, 1.82) is 0 Å². The molecule has 2 aromatic rings. The van der Waals surface area contributed by atoms with E-state index in [2.05, 4.69) is 29.5 Å². The van der Waals surface area contributed by atoms with Crippen LogP contribution in [0.2, 0.25) is 0 Å². The second-order valence-corrected chi connectivity index (χ2v) is 6.43. The van der Waals surface area contributed by atoms with Crippen molar-refractivity contribution in [1.82, 2.24) is 15.6 Å². The molecular formula is C20H27N3O2. The number of carbonyl (C=O) groups is 1. The van der Waals surface area contributed by atoms with Gasteiger partial charge in [0.2, 0.25) is 5.91 Å². The second kappa shape index (κ2) is 9.18. The Morgan fingerprint density at radius 3 is 2.52 bits per heavy atom. The summed E-state index contributed by atoms with van der Waals surface area (Å²) in [5.41, 5.74) is 3.17. The molecule has 0 fully saturated rings. The van der Waals surface area contributed by atoms with Gasteiger partial charge in [0.25, 0.3) is 0 Å². The third-order valence-electron chi connectivity index (χ3n) is 4.14. The van der Waals surface area contributed by atoms with Crippen molar-refractivity contribution in [3.8, 4) is 5.75 Å². The summed E-state index contributed by atoms with van der Waals surface area (Å²) in [5.74, 6) is 1.11. The Morgan fingerprint density at radius 1 is 1.20 bits per heavy atom. The number of hydrogen-bond acceptors (Lipinski definition) is 4. The van der Waals surface area contributed by atoms with Gasteiger partial charge in [-0.25, -0.2) is 0 Å². The molecule has 134 valence electrons. The van der Waals surface area contributed by atoms with Crippen molar-refractivity contribution in [3.05, 3.63) is 59.4 Å². The van der Waals surface area contributed by atoms with Crippen molar-refractivity contribution < 1.29 is 9.53 Å². The maximum atomic E-state index is 12.2. The van der Waals surface area contributed by atoms with E-state index in [1.54, 1.807) is 13.3 Å². The standard InChI is InChI=1S/C20H27N3O2/c1-14(2)19(20-15(3)6-5-11-21-20)23-13-18(24)22-12-16-7-9-17(25-4)10-8-16/h5-11,14,19,23H,12-13H2,1-4H3,(H,22,24). The number of rotatable bonds is 8. The van der Waals surface area contributed by atoms with Gasteiger partial charge in [0.1, 0.15) is 5.75 Å². The highest BCUT2D eigenvalue weighted by Crippen LogP contribution is 2.22. The fraction of sp³-hybridized carbons (Fsp3) is 0.400. The molecule has 5 heteroatoms. The molecule has 1 unspecified atom stereocenters. The lowest BCUT2D eigenvalue weighted by molar-refractivity contribution is -0.120. The minimum Gasteiger partial charge on any atom is -0.497 e. The topological polar surface area (TPSA) is 63.2 Å². The number of pyridine rings is 1. The number of benzene rings is 1. The lowest BCUT2D eigenvalue weighted by atomic mass is 9.97. The molecule has 1 heterocycles. The lowest BCUT2D eigenvalue weighted by Gasteiger charge is -2.23. The van der Waals surface area contributed by atoms with Crippen molar-refractivity contribution in [2.45, 2.75) is 33.4 Å². The third-order valence-corrected chi connectivity index (χ3v) is 4.14. The maximum Gasteiger partial charge on any atom is 0.234 e. The summed E-state index contributed by atoms with van der Waals surface area (Å²) < 4.78 is 5.13. The Labute approximate surface area is 149 Å². The van der Waals surface area contributed by atoms with Gasteiger partial charge in [-0.1, -0.05) is 32.0 Å². The molecule has 2 rings (SSSR count). The number of carbonyl (C=O) groups excluding carboxylic acids is 1. The molecule has 0 aliphatic heterocycles. The fourth-order valence-electron chi connectivity index (χ4n) is 2.68. The molecule has 2 N–H and O–H groups in total. The molecule has 1 atom stereocenters. The molecule has 0 bridgehead atoms. The van der Waals surface area contributed by atoms with E-state index in [4.69, 9.17) is 4.74 Å². The monoisotopic (exact) mass is 341 g/mol. The van der Waals surface area contributed by atoms with Gasteiger partial charge in [-0.05, 0) is 42.2 Å². The predicted octanol–water partition coefficient (Wildman–Crippen LogP) is 3.00. The van der Waals surface area contributed by atoms with Crippen LogP contribution in [-0.4, -0.2) is 24.5 Å². The molecule has 0 saturated carbocycles. The number of methoxy groups -OCH3 is 1. The SMILES string of the molecule is COc1ccc(CNC(=O)CNC(c2ncccc2C)C(C)C)cc1. The van der Waals surface area contributed by atoms with Crippen molar-refractivity contribution in [2.75, 3.05) is 13.7 Å². The first-order valence-corrected chi connectivity index (χ1v) is 8.55. The summed E-state index contributed by atoms with van der Waals surface area (Å²) in [6, 6.07) is 11.7. The van der Waals surface area contributed by atoms with Gasteiger partial charge in [-0.2, -0.15) is 0 Å². The van der Waals surface area contributed by atoms with Crippen LogP contribution in [0.5, 0.6) is 5.75 Å². The minimum atomic E-state index is -0.0324. The summed E-state index contributed by atoms with van der Waals surface area (Å²) in [7, 11) is 1.64. The summed E-state index contributed by atoms with van der Waals surface area (Å²) in [6.45, 7) is 7.06. The third kappa shape index (κ3) is 5.57. The Hall–Kier alpha value is -2.40. The molecule has 1 aromatic carbocycles. The van der Waals surface area contributed by atoms with Crippen LogP contribution in [0.3, 0.4) is 0 Å². The Kier molecular flexibility index (Phi) is 6.95. The molecule has 5 nitrogen and oxygen atoms in total. The molecular weight excluding hydrogens is 314 g/mol. The smallest absolute Gasteiger partial charge is 0.234 e. The maximum absolute atomic E-state index is 12.2. The average molecular weight is 341 g/mol. The molecule has 0 radical (unpaired) electrons. The van der Waals surface area contributed by atoms with E-state index >= 15 is 0 Å². The van der Waals surface area contributed by atoms with Gasteiger partial charge in [0.05, 0.1) is 25.4 Å². The first kappa shape index (κ1) is 18.9. The van der Waals surface area contributed by atoms with E-state index in [1.165, 1.54) is 0 Å². The Morgan fingerprint density at radius 2 is 1.92 bits per heavy atom. The number of aryl methyl sites for hydroxylation is 1. The van der Waals surface area contributed by atoms with Crippen LogP contribution in [0, 0.1) is 12.8 Å². The Balaban J connectivity index is 1.87. The number of ether oxygens (including phenoxy) is 1. The zero-order chi connectivity index (χ0) is 18.2. The number of amides is 1. The van der Waals surface area contributed by atoms with E-state index in [1.807, 2.05) is 43.3 Å². The second-order valence-electron chi connectivity index (χ2n) is 6.43. The highest BCUT2D eigenvalue weighted by Gasteiger charge is 2.19. The van der Waals surface area contributed by atoms with Crippen LogP contribution in [0.4, 0.5) is 0 Å². The van der Waals surface area contributed by atoms with Crippen molar-refractivity contribution in [2.24, 2.45) is 5.92 Å². The largest absolute Gasteiger partial charge is 0.497 e. The molecule has 1 aromatic heterocycles. The van der Waals surface area contributed by atoms with E-state index in [-0.39, 0.29) is 18.5 Å². The fourth-order valence-corrected chi connectivity index (χ4v) is 2.68. The predicted molar refractivity (Wildman–Crippen MR) is 99.4 cm³/mol. The highest BCUT2D eigenvalue weighted by molar-refractivity contribution is 5.78. The highest BCUT2D eigenvalue weighted by atomic mass is 16.5. The average Bonchev–Trinajstić information content (AvgIpc) is 2.61. The normalized spacial score (nSPS) is 12.0. The van der Waals surface area contributed by atoms with Crippen LogP contribution in [0.15, 0.2) is 42.6 Å². The van der Waals surface area contributed by atoms with Gasteiger partial charge in [0.15, 0.2) is 0 Å². The number of hydrogen-bond donors (Lipinski definition) is 2. The summed E-state index contributed by atoms with van der Waals surface area (Å²) in [5, 5.41) is 6.27. The summed E-state index contributed by atoms with van der Waals surface area (Å²) in [4.78, 5) is 16.6. The molecule has 0 aliphatic rings. The molecule has 0 aliphatic carbocycles. The zero-order valence-electron chi connectivity index (χ0n) is 15.4. The lowest BCUT2D eigenvalue weighted by Crippen LogP contribution is -2.37. The molecule has 0 spiro atoms. The minimum absolute atomic E-state index is 0.0324. The van der Waals surface area contributed by atoms with Gasteiger partial charge in [-0.15, -0.1) is 0 Å². The van der Waals surface area contributed by atoms with Gasteiger partial charge < -0.3 is 10.1 Å². The Bertz CT molecular complexity index is 684. The van der Waals surface area contributed by atoms with Crippen molar-refractivity contribution in [3.63, 3.8) is 0 Å². The van der Waals surface area contributed by atoms with Gasteiger partial charge in [-0.3, -0.25) is 15.1 Å². The van der Waals surface area contributed by atoms with Crippen LogP contribution in [0.25, 0.3) is 0 Å². The van der Waals surface area contributed by atoms with E-state index < -0.39 is 0 Å². The first-order chi connectivity index (χ1) is 12.0. The number of aromatic nitrogens is 1. The van der Waals surface area contributed by atoms with Crippen LogP contribution in [0.1, 0.15) is 36.7 Å². The van der Waals surface area contributed by atoms with Crippen LogP contribution >= 0.6 is 0 Å². The summed E-state index contributed by atoms with van der Waals surface area (Å²) in [6.07, 6.45) is 1.79. The number of nitrogens with zero attached hydrogens (tertiary/aromatic N) is 1. The number of nitrogens with one attached hydrogen (secondary N) is 2. The van der Waals surface area contributed by atoms with E-state index in [0.717, 1.165) is 22.6 Å². The quantitative estimate of drug-likeness (QED) is 0.775. The van der Waals surface area contributed by atoms with Gasteiger partial charge in [0, 0.05) is 12.7 Å². The van der Waals surface area contributed by atoms with Crippen molar-refractivity contribution >= 4 is 5.91 Å². The van der Waals surface area contributed by atoms with E-state index in [9.17, 15) is 4.79 Å². The van der Waals surface area contributed by atoms with Gasteiger partial charge >= 0.3 is 0 Å².